The van der Waals surface area contributed by atoms with Gasteiger partial charge in [0.05, 0.1) is 19.6 Å². The van der Waals surface area contributed by atoms with Gasteiger partial charge in [0.2, 0.25) is 17.7 Å². The van der Waals surface area contributed by atoms with Crippen molar-refractivity contribution in [1.82, 2.24) is 16.0 Å². The van der Waals surface area contributed by atoms with E-state index in [1.165, 1.54) is 11.8 Å². The van der Waals surface area contributed by atoms with Gasteiger partial charge in [-0.05, 0) is 18.4 Å². The number of hydrogen-bond donors (Lipinski definition) is 5. The van der Waals surface area contributed by atoms with Crippen LogP contribution in [-0.4, -0.2) is 66.5 Å². The van der Waals surface area contributed by atoms with Crippen molar-refractivity contribution in [1.29, 1.82) is 0 Å². The smallest absolute Gasteiger partial charge is 0.326 e. The number of thioether (sulfide) groups is 1. The van der Waals surface area contributed by atoms with Crippen LogP contribution in [0.4, 0.5) is 0 Å². The number of amides is 3. The number of nitrogens with one attached hydrogen (secondary N) is 3. The fourth-order valence-electron chi connectivity index (χ4n) is 1.23. The lowest BCUT2D eigenvalue weighted by Crippen LogP contribution is -2.47. The van der Waals surface area contributed by atoms with E-state index in [9.17, 15) is 19.2 Å². The molecule has 0 aromatic rings. The summed E-state index contributed by atoms with van der Waals surface area (Å²) in [6, 6.07) is -0.987. The number of rotatable bonds is 10. The first-order valence-electron chi connectivity index (χ1n) is 6.15. The monoisotopic (exact) mass is 320 g/mol. The molecule has 0 saturated carbocycles. The Morgan fingerprint density at radius 1 is 1.10 bits per heavy atom. The van der Waals surface area contributed by atoms with Crippen LogP contribution in [0.2, 0.25) is 0 Å². The number of carboxylic acid groups (broad SMARTS) is 1. The van der Waals surface area contributed by atoms with Gasteiger partial charge in [0.25, 0.3) is 0 Å². The van der Waals surface area contributed by atoms with E-state index in [2.05, 4.69) is 16.0 Å². The molecule has 0 radical (unpaired) electrons. The Labute approximate surface area is 126 Å². The maximum Gasteiger partial charge on any atom is 0.326 e. The van der Waals surface area contributed by atoms with Gasteiger partial charge in [-0.3, -0.25) is 14.4 Å². The minimum Gasteiger partial charge on any atom is -0.480 e. The van der Waals surface area contributed by atoms with Crippen LogP contribution in [0.15, 0.2) is 0 Å². The first-order valence-corrected chi connectivity index (χ1v) is 7.54. The highest BCUT2D eigenvalue weighted by molar-refractivity contribution is 7.98. The van der Waals surface area contributed by atoms with Crippen LogP contribution in [0.3, 0.4) is 0 Å². The lowest BCUT2D eigenvalue weighted by atomic mass is 10.2. The number of carboxylic acids is 1. The minimum atomic E-state index is -1.13. The molecule has 6 N–H and O–H groups in total. The Morgan fingerprint density at radius 3 is 2.19 bits per heavy atom. The Balaban J connectivity index is 4.03. The summed E-state index contributed by atoms with van der Waals surface area (Å²) in [6.45, 7) is -0.887. The van der Waals surface area contributed by atoms with E-state index in [-0.39, 0.29) is 19.6 Å². The minimum absolute atomic E-state index is 0.233. The Morgan fingerprint density at radius 2 is 1.67 bits per heavy atom. The predicted molar refractivity (Wildman–Crippen MR) is 77.6 cm³/mol. The highest BCUT2D eigenvalue weighted by Gasteiger charge is 2.19. The fraction of sp³-hybridized carbons (Fsp3) is 0.636. The zero-order valence-electron chi connectivity index (χ0n) is 11.7. The SMILES string of the molecule is CSCCC(NC(=O)CNC(=O)CNC(=O)CN)C(=O)O. The van der Waals surface area contributed by atoms with Gasteiger partial charge in [0.15, 0.2) is 0 Å². The van der Waals surface area contributed by atoms with Crippen LogP contribution in [0.1, 0.15) is 6.42 Å². The van der Waals surface area contributed by atoms with Crippen LogP contribution in [0.5, 0.6) is 0 Å². The van der Waals surface area contributed by atoms with Gasteiger partial charge >= 0.3 is 5.97 Å². The molecule has 21 heavy (non-hydrogen) atoms. The van der Waals surface area contributed by atoms with E-state index < -0.39 is 29.7 Å². The zero-order chi connectivity index (χ0) is 16.3. The molecule has 0 aliphatic heterocycles. The topological polar surface area (TPSA) is 151 Å². The number of aliphatic carboxylic acids is 1. The standard InChI is InChI=1S/C11H20N4O5S/c1-21-3-2-7(11(19)20)15-10(18)6-14-9(17)5-13-8(16)4-12/h7H,2-6,12H2,1H3,(H,13,16)(H,14,17)(H,15,18)(H,19,20). The van der Waals surface area contributed by atoms with Crippen molar-refractivity contribution in [2.75, 3.05) is 31.6 Å². The fourth-order valence-corrected chi connectivity index (χ4v) is 1.70. The third-order valence-electron chi connectivity index (χ3n) is 2.32. The normalized spacial score (nSPS) is 11.3. The number of nitrogens with two attached hydrogens (primary N) is 1. The molecule has 0 saturated heterocycles. The van der Waals surface area contributed by atoms with Crippen molar-refractivity contribution in [3.8, 4) is 0 Å². The number of carbonyl (C=O) groups excluding carboxylic acids is 3. The Hall–Kier alpha value is -1.81. The van der Waals surface area contributed by atoms with Gasteiger partial charge in [0, 0.05) is 0 Å². The molecule has 1 atom stereocenters. The quantitative estimate of drug-likeness (QED) is 0.298. The molecule has 120 valence electrons. The van der Waals surface area contributed by atoms with Crippen molar-refractivity contribution >= 4 is 35.5 Å². The van der Waals surface area contributed by atoms with E-state index in [0.29, 0.717) is 12.2 Å². The van der Waals surface area contributed by atoms with Crippen LogP contribution >= 0.6 is 11.8 Å². The first kappa shape index (κ1) is 19.2. The first-order chi connectivity index (χ1) is 9.90. The number of hydrogen-bond acceptors (Lipinski definition) is 6. The van der Waals surface area contributed by atoms with E-state index in [4.69, 9.17) is 10.8 Å². The molecule has 0 spiro atoms. The second-order valence-corrected chi connectivity index (χ2v) is 4.98. The summed E-state index contributed by atoms with van der Waals surface area (Å²) >= 11 is 1.47. The van der Waals surface area contributed by atoms with Crippen LogP contribution < -0.4 is 21.7 Å². The molecule has 0 heterocycles. The van der Waals surface area contributed by atoms with E-state index in [1.807, 2.05) is 6.26 Å². The third-order valence-corrected chi connectivity index (χ3v) is 2.97. The maximum absolute atomic E-state index is 11.5. The van der Waals surface area contributed by atoms with Crippen molar-refractivity contribution in [3.63, 3.8) is 0 Å². The lowest BCUT2D eigenvalue weighted by Gasteiger charge is -2.14. The molecule has 0 fully saturated rings. The molecule has 10 heteroatoms. The summed E-state index contributed by atoms with van der Waals surface area (Å²) in [7, 11) is 0. The Kier molecular flexibility index (Phi) is 9.98. The molecule has 1 unspecified atom stereocenters. The van der Waals surface area contributed by atoms with Crippen molar-refractivity contribution in [2.24, 2.45) is 5.73 Å². The predicted octanol–water partition coefficient (Wildman–Crippen LogP) is -2.50. The van der Waals surface area contributed by atoms with E-state index in [0.717, 1.165) is 0 Å². The highest BCUT2D eigenvalue weighted by Crippen LogP contribution is 2.00. The summed E-state index contributed by atoms with van der Waals surface area (Å²) in [5.74, 6) is -2.20. The van der Waals surface area contributed by atoms with Gasteiger partial charge in [0.1, 0.15) is 6.04 Å². The average Bonchev–Trinajstić information content (AvgIpc) is 2.46. The zero-order valence-corrected chi connectivity index (χ0v) is 12.5. The van der Waals surface area contributed by atoms with Gasteiger partial charge in [-0.1, -0.05) is 0 Å². The second kappa shape index (κ2) is 10.9. The molecule has 9 nitrogen and oxygen atoms in total. The lowest BCUT2D eigenvalue weighted by molar-refractivity contribution is -0.141. The summed E-state index contributed by atoms with van der Waals surface area (Å²) in [6.07, 6.45) is 2.12. The van der Waals surface area contributed by atoms with Gasteiger partial charge < -0.3 is 26.8 Å². The summed E-state index contributed by atoms with van der Waals surface area (Å²) in [4.78, 5) is 44.5. The van der Waals surface area contributed by atoms with Gasteiger partial charge in [-0.2, -0.15) is 11.8 Å². The largest absolute Gasteiger partial charge is 0.480 e. The van der Waals surface area contributed by atoms with Gasteiger partial charge in [-0.15, -0.1) is 0 Å². The molecule has 0 aromatic carbocycles. The molecule has 0 rings (SSSR count). The molecule has 0 aliphatic rings. The second-order valence-electron chi connectivity index (χ2n) is 4.00. The summed E-state index contributed by atoms with van der Waals surface area (Å²) < 4.78 is 0. The molecule has 0 bridgehead atoms. The van der Waals surface area contributed by atoms with Crippen molar-refractivity contribution in [2.45, 2.75) is 12.5 Å². The molecular weight excluding hydrogens is 300 g/mol. The van der Waals surface area contributed by atoms with Crippen molar-refractivity contribution < 1.29 is 24.3 Å². The van der Waals surface area contributed by atoms with Crippen LogP contribution in [0.25, 0.3) is 0 Å². The van der Waals surface area contributed by atoms with Crippen molar-refractivity contribution in [3.05, 3.63) is 0 Å². The maximum atomic E-state index is 11.5. The molecule has 0 aliphatic carbocycles. The summed E-state index contributed by atoms with van der Waals surface area (Å²) in [5, 5.41) is 15.7. The summed E-state index contributed by atoms with van der Waals surface area (Å²) in [5.41, 5.74) is 5.04. The average molecular weight is 320 g/mol. The molecule has 3 amide bonds. The van der Waals surface area contributed by atoms with Gasteiger partial charge in [-0.25, -0.2) is 4.79 Å². The van der Waals surface area contributed by atoms with E-state index >= 15 is 0 Å². The Bertz CT molecular complexity index is 391. The highest BCUT2D eigenvalue weighted by atomic mass is 32.2. The molecule has 0 aromatic heterocycles. The number of carbonyl (C=O) groups is 4. The van der Waals surface area contributed by atoms with E-state index in [1.54, 1.807) is 0 Å². The molecular formula is C11H20N4O5S. The van der Waals surface area contributed by atoms with Crippen LogP contribution in [0, 0.1) is 0 Å². The van der Waals surface area contributed by atoms with Crippen LogP contribution in [-0.2, 0) is 19.2 Å². The third kappa shape index (κ3) is 9.68.